The van der Waals surface area contributed by atoms with Crippen molar-refractivity contribution in [2.45, 2.75) is 31.4 Å². The first-order valence-electron chi connectivity index (χ1n) is 10.9. The Morgan fingerprint density at radius 1 is 1.24 bits per heavy atom. The van der Waals surface area contributed by atoms with E-state index in [1.807, 2.05) is 0 Å². The highest BCUT2D eigenvalue weighted by Crippen LogP contribution is 2.51. The summed E-state index contributed by atoms with van der Waals surface area (Å²) in [5.41, 5.74) is 1.90. The van der Waals surface area contributed by atoms with Crippen molar-refractivity contribution >= 4 is 40.6 Å². The van der Waals surface area contributed by atoms with Gasteiger partial charge in [-0.2, -0.15) is 0 Å². The third-order valence-corrected chi connectivity index (χ3v) is 6.85. The Kier molecular flexibility index (Phi) is 6.56. The number of methoxy groups -OCH3 is 1. The fourth-order valence-electron chi connectivity index (χ4n) is 4.32. The summed E-state index contributed by atoms with van der Waals surface area (Å²) in [6, 6.07) is 5.21. The maximum atomic E-state index is 13.4. The Balaban J connectivity index is 1.65. The second-order valence-electron chi connectivity index (χ2n) is 8.44. The lowest BCUT2D eigenvalue weighted by Crippen LogP contribution is -2.39. The molecule has 176 valence electrons. The number of rotatable bonds is 8. The number of carbonyl (C=O) groups excluding carboxylic acids is 1. The number of carbonyl (C=O) groups is 1. The van der Waals surface area contributed by atoms with Crippen LogP contribution in [0.25, 0.3) is 11.3 Å². The molecule has 0 radical (unpaired) electrons. The van der Waals surface area contributed by atoms with Gasteiger partial charge in [-0.3, -0.25) is 4.79 Å². The number of hydrogen-bond donors (Lipinski definition) is 0. The fourth-order valence-corrected chi connectivity index (χ4v) is 4.77. The van der Waals surface area contributed by atoms with Gasteiger partial charge in [0.25, 0.3) is 5.56 Å². The molecular weight excluding hydrogens is 565 g/mol. The van der Waals surface area contributed by atoms with Crippen LogP contribution in [0.1, 0.15) is 47.3 Å². The summed E-state index contributed by atoms with van der Waals surface area (Å²) in [6.07, 6.45) is 2.11. The number of aromatic nitrogens is 1. The highest BCUT2D eigenvalue weighted by atomic mass is 127. The predicted octanol–water partition coefficient (Wildman–Crippen LogP) is 4.51. The summed E-state index contributed by atoms with van der Waals surface area (Å²) >= 11 is 8.08. The molecule has 2 aromatic rings. The van der Waals surface area contributed by atoms with E-state index in [4.69, 9.17) is 33.6 Å². The Morgan fingerprint density at radius 2 is 2.03 bits per heavy atom. The zero-order chi connectivity index (χ0) is 23.1. The molecule has 1 saturated heterocycles. The summed E-state index contributed by atoms with van der Waals surface area (Å²) in [6.45, 7) is 2.13. The van der Waals surface area contributed by atoms with E-state index in [0.717, 1.165) is 30.5 Å². The average Bonchev–Trinajstić information content (AvgIpc) is 3.60. The van der Waals surface area contributed by atoms with Crippen molar-refractivity contribution < 1.29 is 26.8 Å². The van der Waals surface area contributed by atoms with Gasteiger partial charge in [-0.05, 0) is 25.0 Å². The second-order valence-corrected chi connectivity index (χ2v) is 9.29. The highest BCUT2D eigenvalue weighted by Gasteiger charge is 2.41. The number of halogens is 2. The van der Waals surface area contributed by atoms with Crippen LogP contribution in [0, 0.1) is 5.92 Å². The van der Waals surface area contributed by atoms with E-state index in [9.17, 15) is 9.59 Å². The lowest BCUT2D eigenvalue weighted by atomic mass is 9.87. The first-order chi connectivity index (χ1) is 16.0. The van der Waals surface area contributed by atoms with Gasteiger partial charge in [0, 0.05) is 49.3 Å². The molecule has 0 spiro atoms. The molecule has 1 saturated carbocycles. The number of pyridine rings is 1. The molecular formula is C23H23ClINO7. The standard InChI is InChI=1S/C23H23ClINO7/c1-29-5-2-6-31-19-9-18-14(8-17(19)24)20-15(21(32-18)12-10-30-11-12)7-16(23(28)33-25)22(27)26(20)13-3-4-13/h7-9,12-13,21H,2-6,10-11H2,1H3. The van der Waals surface area contributed by atoms with Gasteiger partial charge in [-0.15, -0.1) is 0 Å². The average molecular weight is 588 g/mol. The van der Waals surface area contributed by atoms with E-state index in [0.29, 0.717) is 48.5 Å². The Labute approximate surface area is 209 Å². The first-order valence-corrected chi connectivity index (χ1v) is 12.1. The van der Waals surface area contributed by atoms with Crippen molar-refractivity contribution in [3.8, 4) is 22.8 Å². The minimum Gasteiger partial charge on any atom is -0.492 e. The molecule has 3 aliphatic rings. The van der Waals surface area contributed by atoms with Crippen molar-refractivity contribution in [2.24, 2.45) is 5.92 Å². The van der Waals surface area contributed by atoms with Gasteiger partial charge < -0.3 is 26.6 Å². The largest absolute Gasteiger partial charge is 0.492 e. The molecule has 5 rings (SSSR count). The quantitative estimate of drug-likeness (QED) is 0.332. The van der Waals surface area contributed by atoms with E-state index in [2.05, 4.69) is 0 Å². The van der Waals surface area contributed by atoms with Crippen LogP contribution >= 0.6 is 34.6 Å². The number of fused-ring (bicyclic) bond motifs is 3. The second kappa shape index (κ2) is 9.44. The van der Waals surface area contributed by atoms with E-state index in [-0.39, 0.29) is 29.2 Å². The molecule has 10 heteroatoms. The van der Waals surface area contributed by atoms with Crippen LogP contribution < -0.4 is 15.0 Å². The number of hydrogen-bond acceptors (Lipinski definition) is 7. The fraction of sp³-hybridized carbons (Fsp3) is 0.478. The van der Waals surface area contributed by atoms with Gasteiger partial charge in [0.2, 0.25) is 0 Å². The molecule has 2 aliphatic heterocycles. The highest BCUT2D eigenvalue weighted by molar-refractivity contribution is 14.1. The van der Waals surface area contributed by atoms with Gasteiger partial charge >= 0.3 is 5.97 Å². The van der Waals surface area contributed by atoms with E-state index in [1.165, 1.54) is 23.0 Å². The molecule has 3 heterocycles. The Morgan fingerprint density at radius 3 is 2.67 bits per heavy atom. The summed E-state index contributed by atoms with van der Waals surface area (Å²) in [7, 11) is 1.64. The van der Waals surface area contributed by atoms with Crippen molar-refractivity contribution in [1.29, 1.82) is 0 Å². The molecule has 8 nitrogen and oxygen atoms in total. The number of benzene rings is 1. The van der Waals surface area contributed by atoms with Crippen LogP contribution in [0.2, 0.25) is 5.02 Å². The van der Waals surface area contributed by atoms with Gasteiger partial charge in [-0.1, -0.05) is 11.6 Å². The molecule has 1 aromatic heterocycles. The van der Waals surface area contributed by atoms with Gasteiger partial charge in [0.1, 0.15) is 23.2 Å². The molecule has 1 atom stereocenters. The zero-order valence-corrected chi connectivity index (χ0v) is 20.9. The monoisotopic (exact) mass is 587 g/mol. The molecule has 0 bridgehead atoms. The van der Waals surface area contributed by atoms with Crippen LogP contribution in [-0.2, 0) is 12.5 Å². The van der Waals surface area contributed by atoms with Gasteiger partial charge in [-0.25, -0.2) is 4.79 Å². The lowest BCUT2D eigenvalue weighted by Gasteiger charge is -2.39. The Bertz CT molecular complexity index is 1140. The van der Waals surface area contributed by atoms with Gasteiger partial charge in [0.05, 0.1) is 30.5 Å². The SMILES string of the molecule is COCCCOc1cc2c(cc1Cl)-c1c(cc(C(=O)OI)c(=O)n1C1CC1)C(C1COC1)O2. The number of nitrogens with zero attached hydrogens (tertiary/aromatic N) is 1. The predicted molar refractivity (Wildman–Crippen MR) is 129 cm³/mol. The topological polar surface area (TPSA) is 85.2 Å². The summed E-state index contributed by atoms with van der Waals surface area (Å²) < 4.78 is 29.4. The maximum absolute atomic E-state index is 13.4. The van der Waals surface area contributed by atoms with E-state index < -0.39 is 5.97 Å². The Hall–Kier alpha value is -1.82. The normalized spacial score (nSPS) is 19.2. The van der Waals surface area contributed by atoms with Crippen LogP contribution in [-0.4, -0.2) is 44.1 Å². The molecule has 1 aromatic carbocycles. The number of ether oxygens (including phenoxy) is 4. The smallest absolute Gasteiger partial charge is 0.353 e. The summed E-state index contributed by atoms with van der Waals surface area (Å²) in [5, 5.41) is 0.427. The summed E-state index contributed by atoms with van der Waals surface area (Å²) in [5.74, 6) is 0.560. The molecule has 0 amide bonds. The van der Waals surface area contributed by atoms with Crippen molar-refractivity contribution in [1.82, 2.24) is 4.57 Å². The van der Waals surface area contributed by atoms with Crippen LogP contribution in [0.15, 0.2) is 23.0 Å². The van der Waals surface area contributed by atoms with Crippen molar-refractivity contribution in [2.75, 3.05) is 33.5 Å². The third kappa shape index (κ3) is 4.24. The third-order valence-electron chi connectivity index (χ3n) is 6.16. The van der Waals surface area contributed by atoms with Crippen molar-refractivity contribution in [3.05, 3.63) is 44.7 Å². The van der Waals surface area contributed by atoms with Crippen LogP contribution in [0.3, 0.4) is 0 Å². The minimum absolute atomic E-state index is 0.0107. The van der Waals surface area contributed by atoms with E-state index in [1.54, 1.807) is 29.9 Å². The van der Waals surface area contributed by atoms with Crippen LogP contribution in [0.4, 0.5) is 0 Å². The lowest BCUT2D eigenvalue weighted by molar-refractivity contribution is -0.0852. The molecule has 0 N–H and O–H groups in total. The maximum Gasteiger partial charge on any atom is 0.353 e. The molecule has 33 heavy (non-hydrogen) atoms. The molecule has 1 aliphatic carbocycles. The van der Waals surface area contributed by atoms with Crippen molar-refractivity contribution in [3.63, 3.8) is 0 Å². The van der Waals surface area contributed by atoms with E-state index >= 15 is 0 Å². The summed E-state index contributed by atoms with van der Waals surface area (Å²) in [4.78, 5) is 25.8. The molecule has 2 fully saturated rings. The van der Waals surface area contributed by atoms with Crippen LogP contribution in [0.5, 0.6) is 11.5 Å². The molecule has 1 unspecified atom stereocenters. The van der Waals surface area contributed by atoms with Gasteiger partial charge in [0.15, 0.2) is 23.0 Å². The first kappa shape index (κ1) is 22.9. The minimum atomic E-state index is -0.662. The zero-order valence-electron chi connectivity index (χ0n) is 18.0.